The summed E-state index contributed by atoms with van der Waals surface area (Å²) in [5.74, 6) is 0.0739. The summed E-state index contributed by atoms with van der Waals surface area (Å²) in [4.78, 5) is 28.5. The average molecular weight is 411 g/mol. The Balaban J connectivity index is 1.64. The van der Waals surface area contributed by atoms with Crippen molar-refractivity contribution in [2.24, 2.45) is 0 Å². The van der Waals surface area contributed by atoms with Gasteiger partial charge in [-0.3, -0.25) is 14.5 Å². The molecule has 0 aromatic rings. The Bertz CT molecular complexity index is 466. The molecule has 2 rings (SSSR count). The summed E-state index contributed by atoms with van der Waals surface area (Å²) in [6, 6.07) is 0. The number of amides is 1. The molecule has 0 saturated carbocycles. The molecule has 1 amide bonds. The van der Waals surface area contributed by atoms with Crippen molar-refractivity contribution in [1.82, 2.24) is 9.80 Å². The normalized spacial score (nSPS) is 18.9. The molecule has 2 aliphatic heterocycles. The largest absolute Gasteiger partial charge is 0.459 e. The Labute approximate surface area is 177 Å². The minimum atomic E-state index is -0.235. The number of unbranched alkanes of at least 4 members (excludes halogenated alkanes) is 8. The van der Waals surface area contributed by atoms with Gasteiger partial charge in [0.2, 0.25) is 5.91 Å². The summed E-state index contributed by atoms with van der Waals surface area (Å²) in [7, 11) is 0. The number of likely N-dealkylation sites (tertiary alicyclic amines) is 1. The second kappa shape index (κ2) is 14.8. The van der Waals surface area contributed by atoms with E-state index in [0.29, 0.717) is 25.9 Å². The molecular formula is C23H42N2O4. The number of hydrogen-bond acceptors (Lipinski definition) is 5. The molecule has 0 unspecified atom stereocenters. The summed E-state index contributed by atoms with van der Waals surface area (Å²) in [6.07, 6.45) is 12.9. The van der Waals surface area contributed by atoms with E-state index in [4.69, 9.17) is 9.47 Å². The third-order valence-electron chi connectivity index (χ3n) is 5.94. The van der Waals surface area contributed by atoms with E-state index in [1.165, 1.54) is 44.9 Å². The van der Waals surface area contributed by atoms with Crippen LogP contribution in [0.15, 0.2) is 0 Å². The third-order valence-corrected chi connectivity index (χ3v) is 5.94. The number of esters is 1. The Morgan fingerprint density at radius 1 is 0.966 bits per heavy atom. The third kappa shape index (κ3) is 10.4. The van der Waals surface area contributed by atoms with E-state index in [9.17, 15) is 9.59 Å². The minimum Gasteiger partial charge on any atom is -0.459 e. The van der Waals surface area contributed by atoms with Crippen molar-refractivity contribution in [2.45, 2.75) is 90.1 Å². The van der Waals surface area contributed by atoms with Crippen LogP contribution in [0.4, 0.5) is 0 Å². The fraction of sp³-hybridized carbons (Fsp3) is 0.913. The van der Waals surface area contributed by atoms with E-state index in [0.717, 1.165) is 52.1 Å². The van der Waals surface area contributed by atoms with E-state index in [2.05, 4.69) is 11.8 Å². The summed E-state index contributed by atoms with van der Waals surface area (Å²) >= 11 is 0. The topological polar surface area (TPSA) is 59.1 Å². The van der Waals surface area contributed by atoms with Crippen LogP contribution in [-0.2, 0) is 19.1 Å². The Morgan fingerprint density at radius 3 is 2.24 bits per heavy atom. The molecule has 2 saturated heterocycles. The van der Waals surface area contributed by atoms with Crippen LogP contribution in [0.3, 0.4) is 0 Å². The van der Waals surface area contributed by atoms with E-state index in [1.54, 1.807) is 0 Å². The van der Waals surface area contributed by atoms with Crippen LogP contribution in [-0.4, -0.2) is 73.7 Å². The maximum absolute atomic E-state index is 12.4. The fourth-order valence-electron chi connectivity index (χ4n) is 4.17. The average Bonchev–Trinajstić information content (AvgIpc) is 3.12. The summed E-state index contributed by atoms with van der Waals surface area (Å²) < 4.78 is 11.2. The van der Waals surface area contributed by atoms with E-state index in [1.807, 2.05) is 4.90 Å². The van der Waals surface area contributed by atoms with Crippen molar-refractivity contribution in [3.8, 4) is 0 Å². The molecule has 2 aliphatic rings. The van der Waals surface area contributed by atoms with Crippen LogP contribution in [0.25, 0.3) is 0 Å². The van der Waals surface area contributed by atoms with Gasteiger partial charge in [0.05, 0.1) is 19.8 Å². The van der Waals surface area contributed by atoms with Gasteiger partial charge in [-0.1, -0.05) is 58.3 Å². The lowest BCUT2D eigenvalue weighted by molar-refractivity contribution is -0.153. The lowest BCUT2D eigenvalue weighted by Crippen LogP contribution is -2.46. The number of hydrogen-bond donors (Lipinski definition) is 0. The van der Waals surface area contributed by atoms with Gasteiger partial charge in [-0.2, -0.15) is 0 Å². The fourth-order valence-corrected chi connectivity index (χ4v) is 4.17. The molecule has 168 valence electrons. The summed E-state index contributed by atoms with van der Waals surface area (Å²) in [5, 5.41) is 0. The molecular weight excluding hydrogens is 368 g/mol. The van der Waals surface area contributed by atoms with Gasteiger partial charge in [0.1, 0.15) is 6.10 Å². The van der Waals surface area contributed by atoms with Gasteiger partial charge in [0.25, 0.3) is 0 Å². The zero-order chi connectivity index (χ0) is 20.7. The minimum absolute atomic E-state index is 0.113. The van der Waals surface area contributed by atoms with Gasteiger partial charge in [0, 0.05) is 39.0 Å². The van der Waals surface area contributed by atoms with Crippen LogP contribution in [0.1, 0.15) is 84.0 Å². The highest BCUT2D eigenvalue weighted by Gasteiger charge is 2.27. The van der Waals surface area contributed by atoms with Gasteiger partial charge in [-0.15, -0.1) is 0 Å². The first-order chi connectivity index (χ1) is 14.2. The van der Waals surface area contributed by atoms with Gasteiger partial charge in [0.15, 0.2) is 0 Å². The summed E-state index contributed by atoms with van der Waals surface area (Å²) in [5.41, 5.74) is 0. The predicted octanol–water partition coefficient (Wildman–Crippen LogP) is 3.77. The number of rotatable bonds is 15. The molecule has 0 aliphatic carbocycles. The lowest BCUT2D eigenvalue weighted by Gasteiger charge is -2.32. The smallest absolute Gasteiger partial charge is 0.306 e. The van der Waals surface area contributed by atoms with E-state index >= 15 is 0 Å². The van der Waals surface area contributed by atoms with Gasteiger partial charge >= 0.3 is 5.97 Å². The maximum atomic E-state index is 12.4. The van der Waals surface area contributed by atoms with Crippen molar-refractivity contribution >= 4 is 11.9 Å². The van der Waals surface area contributed by atoms with Gasteiger partial charge in [-0.05, 0) is 12.8 Å². The van der Waals surface area contributed by atoms with Crippen molar-refractivity contribution in [3.05, 3.63) is 0 Å². The molecule has 0 spiro atoms. The SMILES string of the molecule is CCCCCCCCCCCC(=O)O[C@H](CN1CCOCC1)CN1CCCC1=O. The van der Waals surface area contributed by atoms with E-state index in [-0.39, 0.29) is 18.0 Å². The quantitative estimate of drug-likeness (QED) is 0.304. The second-order valence-corrected chi connectivity index (χ2v) is 8.55. The van der Waals surface area contributed by atoms with Crippen LogP contribution >= 0.6 is 0 Å². The first kappa shape index (κ1) is 24.1. The van der Waals surface area contributed by atoms with Gasteiger partial charge < -0.3 is 14.4 Å². The lowest BCUT2D eigenvalue weighted by atomic mass is 10.1. The molecule has 29 heavy (non-hydrogen) atoms. The van der Waals surface area contributed by atoms with Crippen LogP contribution < -0.4 is 0 Å². The molecule has 2 fully saturated rings. The Hall–Kier alpha value is -1.14. The molecule has 6 nitrogen and oxygen atoms in total. The van der Waals surface area contributed by atoms with E-state index < -0.39 is 0 Å². The highest BCUT2D eigenvalue weighted by Crippen LogP contribution is 2.14. The Kier molecular flexibility index (Phi) is 12.3. The molecule has 2 heterocycles. The van der Waals surface area contributed by atoms with Crippen molar-refractivity contribution in [1.29, 1.82) is 0 Å². The van der Waals surface area contributed by atoms with Crippen LogP contribution in [0.2, 0.25) is 0 Å². The van der Waals surface area contributed by atoms with Crippen molar-refractivity contribution < 1.29 is 19.1 Å². The first-order valence-electron chi connectivity index (χ1n) is 12.0. The molecule has 0 radical (unpaired) electrons. The molecule has 0 aromatic heterocycles. The van der Waals surface area contributed by atoms with Crippen molar-refractivity contribution in [2.75, 3.05) is 45.9 Å². The summed E-state index contributed by atoms with van der Waals surface area (Å²) in [6.45, 7) is 7.42. The number of morpholine rings is 1. The number of ether oxygens (including phenoxy) is 2. The first-order valence-corrected chi connectivity index (χ1v) is 12.0. The highest BCUT2D eigenvalue weighted by atomic mass is 16.5. The number of nitrogens with zero attached hydrogens (tertiary/aromatic N) is 2. The van der Waals surface area contributed by atoms with Crippen LogP contribution in [0.5, 0.6) is 0 Å². The van der Waals surface area contributed by atoms with Gasteiger partial charge in [-0.25, -0.2) is 0 Å². The zero-order valence-corrected chi connectivity index (χ0v) is 18.5. The zero-order valence-electron chi connectivity index (χ0n) is 18.5. The highest BCUT2D eigenvalue weighted by molar-refractivity contribution is 5.78. The monoisotopic (exact) mass is 410 g/mol. The maximum Gasteiger partial charge on any atom is 0.306 e. The predicted molar refractivity (Wildman–Crippen MR) is 115 cm³/mol. The van der Waals surface area contributed by atoms with Crippen LogP contribution in [0, 0.1) is 0 Å². The second-order valence-electron chi connectivity index (χ2n) is 8.55. The molecule has 0 aromatic carbocycles. The number of carbonyl (C=O) groups excluding carboxylic acids is 2. The Morgan fingerprint density at radius 2 is 1.62 bits per heavy atom. The van der Waals surface area contributed by atoms with Crippen molar-refractivity contribution in [3.63, 3.8) is 0 Å². The standard InChI is InChI=1S/C23H42N2O4/c1-2-3-4-5-6-7-8-9-10-13-23(27)29-21(19-24-15-17-28-18-16-24)20-25-14-11-12-22(25)26/h21H,2-20H2,1H3/t21-/m1/s1. The molecule has 0 bridgehead atoms. The molecule has 0 N–H and O–H groups in total. The molecule has 6 heteroatoms. The molecule has 1 atom stereocenters. The number of carbonyl (C=O) groups is 2.